The second-order valence-electron chi connectivity index (χ2n) is 20.2. The van der Waals surface area contributed by atoms with Crippen LogP contribution in [-0.4, -0.2) is 195 Å². The van der Waals surface area contributed by atoms with Crippen LogP contribution in [0.4, 0.5) is 11.4 Å². The average molecular weight is 1210 g/mol. The number of nitrogens with zero attached hydrogens (tertiary/aromatic N) is 7. The van der Waals surface area contributed by atoms with Gasteiger partial charge in [-0.2, -0.15) is 0 Å². The molecule has 454 valence electrons. The lowest BCUT2D eigenvalue weighted by Gasteiger charge is -2.29. The molecule has 3 aromatic heterocycles. The van der Waals surface area contributed by atoms with Crippen LogP contribution in [0.1, 0.15) is 67.8 Å². The third-order valence-corrected chi connectivity index (χ3v) is 16.2. The van der Waals surface area contributed by atoms with E-state index in [9.17, 15) is 33.9 Å². The van der Waals surface area contributed by atoms with Crippen LogP contribution in [0.25, 0.3) is 6.08 Å². The maximum absolute atomic E-state index is 13.9. The lowest BCUT2D eigenvalue weighted by Crippen LogP contribution is -2.37. The first-order chi connectivity index (χ1) is 41.5. The average Bonchev–Trinajstić information content (AvgIpc) is 2.14. The molecule has 4 aromatic rings. The third kappa shape index (κ3) is 18.8. The molecule has 0 unspecified atom stereocenters. The van der Waals surface area contributed by atoms with E-state index in [1.54, 1.807) is 70.9 Å². The van der Waals surface area contributed by atoms with Crippen LogP contribution in [0.5, 0.6) is 0 Å². The SMILES string of the molecule is CCCN(CCO)C(=O)C1=Cc2ccc(C3(C(=O)Nc4cnc5c(c4)CN(C(=O)CCOCCOCCOCCOCCOCCOCCNC(=O)CCN4C(=O)C(Sc6ccccn6)=C(Sc6ccccn6)C4=O)CC5)CC3)cc2N=C(N)C1. The summed E-state index contributed by atoms with van der Waals surface area (Å²) in [6.45, 7) is 7.90. The number of aliphatic hydroxyl groups excluding tert-OH is 1. The fraction of sp³-hybridized carbons (Fsp3) is 0.467. The number of nitrogens with two attached hydrogens (primary N) is 1. The van der Waals surface area contributed by atoms with Crippen molar-refractivity contribution in [1.82, 2.24) is 35.0 Å². The third-order valence-electron chi connectivity index (χ3n) is 14.0. The van der Waals surface area contributed by atoms with Gasteiger partial charge in [0.1, 0.15) is 15.9 Å². The molecule has 0 spiro atoms. The fourth-order valence-corrected chi connectivity index (χ4v) is 11.4. The molecule has 0 bridgehead atoms. The number of imide groups is 1. The Morgan fingerprint density at radius 3 is 1.94 bits per heavy atom. The summed E-state index contributed by atoms with van der Waals surface area (Å²) in [6, 6.07) is 18.2. The Morgan fingerprint density at radius 2 is 1.36 bits per heavy atom. The van der Waals surface area contributed by atoms with Crippen molar-refractivity contribution in [3.8, 4) is 0 Å². The highest BCUT2D eigenvalue weighted by atomic mass is 32.2. The maximum Gasteiger partial charge on any atom is 0.268 e. The Kier molecular flexibility index (Phi) is 24.9. The summed E-state index contributed by atoms with van der Waals surface area (Å²) >= 11 is 2.22. The van der Waals surface area contributed by atoms with Gasteiger partial charge in [0, 0.05) is 87.8 Å². The molecule has 1 fully saturated rings. The fourth-order valence-electron chi connectivity index (χ4n) is 9.49. The van der Waals surface area contributed by atoms with Crippen molar-refractivity contribution >= 4 is 82.3 Å². The van der Waals surface area contributed by atoms with Gasteiger partial charge in [-0.25, -0.2) is 15.0 Å². The van der Waals surface area contributed by atoms with Gasteiger partial charge < -0.3 is 59.7 Å². The summed E-state index contributed by atoms with van der Waals surface area (Å²) in [6.07, 6.45) is 9.70. The summed E-state index contributed by atoms with van der Waals surface area (Å²) in [7, 11) is 0. The van der Waals surface area contributed by atoms with E-state index in [0.29, 0.717) is 138 Å². The number of aromatic nitrogens is 3. The number of benzene rings is 1. The second-order valence-corrected chi connectivity index (χ2v) is 22.2. The van der Waals surface area contributed by atoms with Gasteiger partial charge in [-0.1, -0.05) is 54.7 Å². The summed E-state index contributed by atoms with van der Waals surface area (Å²) in [5, 5.41) is 16.5. The Labute approximate surface area is 502 Å². The first kappa shape index (κ1) is 64.1. The van der Waals surface area contributed by atoms with Crippen LogP contribution >= 0.6 is 23.5 Å². The number of fused-ring (bicyclic) bond motifs is 2. The number of amidine groups is 1. The molecule has 0 saturated heterocycles. The Morgan fingerprint density at radius 1 is 0.753 bits per heavy atom. The van der Waals surface area contributed by atoms with E-state index in [1.165, 1.54) is 0 Å². The summed E-state index contributed by atoms with van der Waals surface area (Å²) in [5.74, 6) is -1.34. The quantitative estimate of drug-likeness (QED) is 0.0358. The Balaban J connectivity index is 0.609. The van der Waals surface area contributed by atoms with Gasteiger partial charge in [-0.3, -0.25) is 38.7 Å². The van der Waals surface area contributed by atoms with E-state index >= 15 is 0 Å². The number of rotatable bonds is 36. The Bertz CT molecular complexity index is 2970. The number of carbonyl (C=O) groups excluding carboxylic acids is 6. The normalized spacial score (nSPS) is 15.2. The zero-order valence-corrected chi connectivity index (χ0v) is 49.5. The van der Waals surface area contributed by atoms with E-state index in [0.717, 1.165) is 57.2 Å². The number of amides is 6. The zero-order chi connectivity index (χ0) is 59.8. The number of carbonyl (C=O) groups is 6. The van der Waals surface area contributed by atoms with Gasteiger partial charge in [-0.05, 0) is 72.9 Å². The number of pyridine rings is 3. The van der Waals surface area contributed by atoms with Crippen LogP contribution in [-0.2, 0) is 75.6 Å². The zero-order valence-electron chi connectivity index (χ0n) is 47.8. The molecule has 4 aliphatic rings. The lowest BCUT2D eigenvalue weighted by atomic mass is 9.92. The lowest BCUT2D eigenvalue weighted by molar-refractivity contribution is -0.137. The van der Waals surface area contributed by atoms with E-state index in [2.05, 4.69) is 30.6 Å². The number of hydrogen-bond acceptors (Lipinski definition) is 20. The van der Waals surface area contributed by atoms with Crippen molar-refractivity contribution in [3.63, 3.8) is 0 Å². The highest BCUT2D eigenvalue weighted by Gasteiger charge is 2.51. The highest BCUT2D eigenvalue weighted by Crippen LogP contribution is 2.50. The number of anilines is 1. The van der Waals surface area contributed by atoms with E-state index in [4.69, 9.17) is 34.2 Å². The highest BCUT2D eigenvalue weighted by molar-refractivity contribution is 8.08. The first-order valence-corrected chi connectivity index (χ1v) is 30.3. The van der Waals surface area contributed by atoms with Gasteiger partial charge in [0.05, 0.1) is 125 Å². The molecule has 25 heteroatoms. The monoisotopic (exact) mass is 1210 g/mol. The molecule has 0 atom stereocenters. The molecule has 85 heavy (non-hydrogen) atoms. The van der Waals surface area contributed by atoms with E-state index in [-0.39, 0.29) is 92.2 Å². The van der Waals surface area contributed by atoms with Crippen LogP contribution in [0.3, 0.4) is 0 Å². The van der Waals surface area contributed by atoms with Crippen molar-refractivity contribution in [3.05, 3.63) is 117 Å². The molecule has 3 aliphatic heterocycles. The summed E-state index contributed by atoms with van der Waals surface area (Å²) in [4.78, 5) is 103. The van der Waals surface area contributed by atoms with Gasteiger partial charge >= 0.3 is 0 Å². The molecule has 8 rings (SSSR count). The van der Waals surface area contributed by atoms with E-state index < -0.39 is 17.2 Å². The van der Waals surface area contributed by atoms with Crippen LogP contribution < -0.4 is 16.4 Å². The molecular weight excluding hydrogens is 1130 g/mol. The minimum atomic E-state index is -0.749. The molecule has 5 N–H and O–H groups in total. The van der Waals surface area contributed by atoms with Crippen molar-refractivity contribution in [2.24, 2.45) is 10.7 Å². The number of aliphatic hydroxyl groups is 1. The molecule has 6 amide bonds. The molecule has 1 aliphatic carbocycles. The molecule has 1 saturated carbocycles. The molecule has 0 radical (unpaired) electrons. The number of aliphatic imine (C=N–C) groups is 1. The van der Waals surface area contributed by atoms with Gasteiger partial charge in [0.15, 0.2) is 0 Å². The van der Waals surface area contributed by atoms with Crippen molar-refractivity contribution in [2.75, 3.05) is 124 Å². The first-order valence-electron chi connectivity index (χ1n) is 28.6. The number of hydrogen-bond donors (Lipinski definition) is 4. The second kappa shape index (κ2) is 33.1. The standard InChI is InChI=1S/C60H74N10O13S2/c1-2-19-68(22-23-71)56(74)43-36-42-9-10-45(39-48(42)67-49(61)38-43)60(14-15-60)59(77)66-46-37-44-41-69(20-11-47(44)65-40-46)53(73)13-24-78-26-28-80-30-32-82-34-35-83-33-31-81-29-27-79-25-18-62-50(72)12-21-70-57(75)54(84-51-7-3-5-16-63-51)55(58(70)76)85-52-8-4-6-17-64-52/h3-10,16-17,36-37,39-40,71H,2,11-15,18-35,38,41H2,1H3,(H2,61,67)(H,62,72)(H,66,77). The smallest absolute Gasteiger partial charge is 0.268 e. The van der Waals surface area contributed by atoms with Crippen molar-refractivity contribution < 1.29 is 62.3 Å². The predicted molar refractivity (Wildman–Crippen MR) is 318 cm³/mol. The number of nitrogens with one attached hydrogen (secondary N) is 2. The summed E-state index contributed by atoms with van der Waals surface area (Å²) in [5.41, 5.74) is 10.5. The van der Waals surface area contributed by atoms with Gasteiger partial charge in [0.25, 0.3) is 11.8 Å². The minimum Gasteiger partial charge on any atom is -0.395 e. The Hall–Kier alpha value is -6.94. The molecule has 6 heterocycles. The van der Waals surface area contributed by atoms with Crippen LogP contribution in [0.15, 0.2) is 110 Å². The van der Waals surface area contributed by atoms with E-state index in [1.807, 2.05) is 31.2 Å². The van der Waals surface area contributed by atoms with Crippen LogP contribution in [0, 0.1) is 0 Å². The molecular formula is C60H74N10O13S2. The topological polar surface area (TPSA) is 289 Å². The maximum atomic E-state index is 13.9. The van der Waals surface area contributed by atoms with Crippen molar-refractivity contribution in [1.29, 1.82) is 0 Å². The van der Waals surface area contributed by atoms with Crippen molar-refractivity contribution in [2.45, 2.75) is 73.9 Å². The minimum absolute atomic E-state index is 0.0320. The van der Waals surface area contributed by atoms with Gasteiger partial charge in [0.2, 0.25) is 23.6 Å². The molecule has 1 aromatic carbocycles. The molecule has 23 nitrogen and oxygen atoms in total. The largest absolute Gasteiger partial charge is 0.395 e. The number of ether oxygens (including phenoxy) is 6. The van der Waals surface area contributed by atoms with Gasteiger partial charge in [-0.15, -0.1) is 0 Å². The van der Waals surface area contributed by atoms with Crippen LogP contribution in [0.2, 0.25) is 0 Å². The predicted octanol–water partition coefficient (Wildman–Crippen LogP) is 4.59. The number of thioether (sulfide) groups is 2. The summed E-state index contributed by atoms with van der Waals surface area (Å²) < 4.78 is 33.5.